The van der Waals surface area contributed by atoms with Crippen LogP contribution in [0.15, 0.2) is 47.5 Å². The summed E-state index contributed by atoms with van der Waals surface area (Å²) in [4.78, 5) is 4.29. The zero-order chi connectivity index (χ0) is 18.1. The van der Waals surface area contributed by atoms with Crippen molar-refractivity contribution in [3.63, 3.8) is 0 Å². The fraction of sp³-hybridized carbons (Fsp3) is 0.350. The van der Waals surface area contributed by atoms with E-state index in [1.165, 1.54) is 11.1 Å². The van der Waals surface area contributed by atoms with E-state index in [2.05, 4.69) is 46.8 Å². The maximum Gasteiger partial charge on any atom is 0.195 e. The second-order valence-electron chi connectivity index (χ2n) is 5.47. The Labute approximate surface area is 150 Å². The molecule has 0 bridgehead atoms. The second-order valence-corrected chi connectivity index (χ2v) is 5.47. The summed E-state index contributed by atoms with van der Waals surface area (Å²) in [5.41, 5.74) is 3.50. The standard InChI is InChI=1S/C20H27N3O2/c1-5-15-9-7-8-10-16(15)14-22-20(21-3)23-17-11-12-18(25-6-2)19(13-17)24-4/h7-13H,5-6,14H2,1-4H3,(H2,21,22,23). The molecule has 0 unspecified atom stereocenters. The number of aliphatic imine (C=N–C) groups is 1. The molecule has 2 aromatic carbocycles. The molecule has 0 amide bonds. The third-order valence-corrected chi connectivity index (χ3v) is 3.90. The Balaban J connectivity index is 2.05. The molecule has 0 saturated carbocycles. The molecule has 25 heavy (non-hydrogen) atoms. The van der Waals surface area contributed by atoms with E-state index in [0.717, 1.165) is 24.4 Å². The largest absolute Gasteiger partial charge is 0.493 e. The van der Waals surface area contributed by atoms with Gasteiger partial charge in [-0.2, -0.15) is 0 Å². The van der Waals surface area contributed by atoms with Crippen LogP contribution in [0.5, 0.6) is 11.5 Å². The number of aryl methyl sites for hydroxylation is 1. The number of guanidine groups is 1. The van der Waals surface area contributed by atoms with E-state index >= 15 is 0 Å². The van der Waals surface area contributed by atoms with Gasteiger partial charge in [0.1, 0.15) is 0 Å². The van der Waals surface area contributed by atoms with E-state index < -0.39 is 0 Å². The number of methoxy groups -OCH3 is 1. The Kier molecular flexibility index (Phi) is 7.14. The predicted molar refractivity (Wildman–Crippen MR) is 104 cm³/mol. The van der Waals surface area contributed by atoms with Crippen molar-refractivity contribution in [2.45, 2.75) is 26.8 Å². The molecule has 0 atom stereocenters. The lowest BCUT2D eigenvalue weighted by Gasteiger charge is -2.15. The summed E-state index contributed by atoms with van der Waals surface area (Å²) in [5, 5.41) is 6.64. The quantitative estimate of drug-likeness (QED) is 0.593. The lowest BCUT2D eigenvalue weighted by atomic mass is 10.1. The first kappa shape index (κ1) is 18.6. The molecule has 0 aromatic heterocycles. The number of nitrogens with zero attached hydrogens (tertiary/aromatic N) is 1. The number of benzene rings is 2. The molecule has 2 rings (SSSR count). The van der Waals surface area contributed by atoms with E-state index in [9.17, 15) is 0 Å². The predicted octanol–water partition coefficient (Wildman–Crippen LogP) is 3.84. The number of anilines is 1. The number of rotatable bonds is 7. The van der Waals surface area contributed by atoms with Crippen LogP contribution in [0, 0.1) is 0 Å². The zero-order valence-electron chi connectivity index (χ0n) is 15.4. The highest BCUT2D eigenvalue weighted by Gasteiger charge is 2.07. The molecule has 0 radical (unpaired) electrons. The van der Waals surface area contributed by atoms with Crippen LogP contribution >= 0.6 is 0 Å². The summed E-state index contributed by atoms with van der Waals surface area (Å²) in [6.45, 7) is 5.44. The number of nitrogens with one attached hydrogen (secondary N) is 2. The van der Waals surface area contributed by atoms with E-state index in [1.807, 2.05) is 25.1 Å². The second kappa shape index (κ2) is 9.57. The first-order valence-corrected chi connectivity index (χ1v) is 8.57. The van der Waals surface area contributed by atoms with Gasteiger partial charge in [0.25, 0.3) is 0 Å². The van der Waals surface area contributed by atoms with Crippen LogP contribution in [0.4, 0.5) is 5.69 Å². The van der Waals surface area contributed by atoms with Crippen LogP contribution in [0.25, 0.3) is 0 Å². The maximum atomic E-state index is 5.55. The third-order valence-electron chi connectivity index (χ3n) is 3.90. The van der Waals surface area contributed by atoms with Crippen molar-refractivity contribution in [2.75, 3.05) is 26.1 Å². The third kappa shape index (κ3) is 5.14. The van der Waals surface area contributed by atoms with Gasteiger partial charge in [-0.25, -0.2) is 0 Å². The van der Waals surface area contributed by atoms with Crippen molar-refractivity contribution in [3.8, 4) is 11.5 Å². The number of hydrogen-bond acceptors (Lipinski definition) is 3. The van der Waals surface area contributed by atoms with E-state index in [-0.39, 0.29) is 0 Å². The fourth-order valence-electron chi connectivity index (χ4n) is 2.59. The van der Waals surface area contributed by atoms with Crippen LogP contribution in [0.3, 0.4) is 0 Å². The normalized spacial score (nSPS) is 11.1. The van der Waals surface area contributed by atoms with Crippen LogP contribution in [-0.4, -0.2) is 26.7 Å². The van der Waals surface area contributed by atoms with E-state index in [0.29, 0.717) is 18.3 Å². The van der Waals surface area contributed by atoms with E-state index in [1.54, 1.807) is 14.2 Å². The lowest BCUT2D eigenvalue weighted by Crippen LogP contribution is -2.30. The minimum atomic E-state index is 0.600. The minimum absolute atomic E-state index is 0.600. The molecule has 0 aliphatic rings. The summed E-state index contributed by atoms with van der Waals surface area (Å²) < 4.78 is 10.9. The van der Waals surface area contributed by atoms with Gasteiger partial charge in [0, 0.05) is 25.3 Å². The van der Waals surface area contributed by atoms with Gasteiger partial charge >= 0.3 is 0 Å². The molecule has 2 aromatic rings. The molecule has 0 heterocycles. The highest BCUT2D eigenvalue weighted by molar-refractivity contribution is 5.93. The molecule has 0 aliphatic heterocycles. The van der Waals surface area contributed by atoms with Gasteiger partial charge in [0.05, 0.1) is 13.7 Å². The van der Waals surface area contributed by atoms with Crippen molar-refractivity contribution >= 4 is 11.6 Å². The molecule has 5 nitrogen and oxygen atoms in total. The van der Waals surface area contributed by atoms with Gasteiger partial charge in [0.15, 0.2) is 17.5 Å². The zero-order valence-corrected chi connectivity index (χ0v) is 15.4. The average Bonchev–Trinajstić information content (AvgIpc) is 2.66. The topological polar surface area (TPSA) is 54.9 Å². The summed E-state index contributed by atoms with van der Waals surface area (Å²) in [6, 6.07) is 14.2. The van der Waals surface area contributed by atoms with Crippen molar-refractivity contribution in [1.29, 1.82) is 0 Å². The molecule has 134 valence electrons. The Morgan fingerprint density at radius 1 is 1.04 bits per heavy atom. The van der Waals surface area contributed by atoms with Gasteiger partial charge in [-0.1, -0.05) is 31.2 Å². The van der Waals surface area contributed by atoms with E-state index in [4.69, 9.17) is 9.47 Å². The molecule has 0 aliphatic carbocycles. The molecular formula is C20H27N3O2. The molecule has 0 spiro atoms. The number of hydrogen-bond donors (Lipinski definition) is 2. The summed E-state index contributed by atoms with van der Waals surface area (Å²) in [6.07, 6.45) is 1.01. The highest BCUT2D eigenvalue weighted by atomic mass is 16.5. The molecular weight excluding hydrogens is 314 g/mol. The first-order valence-electron chi connectivity index (χ1n) is 8.57. The number of ether oxygens (including phenoxy) is 2. The van der Waals surface area contributed by atoms with Crippen LogP contribution in [0.2, 0.25) is 0 Å². The summed E-state index contributed by atoms with van der Waals surface area (Å²) >= 11 is 0. The first-order chi connectivity index (χ1) is 12.2. The molecule has 2 N–H and O–H groups in total. The van der Waals surface area contributed by atoms with Crippen molar-refractivity contribution in [3.05, 3.63) is 53.6 Å². The Morgan fingerprint density at radius 2 is 1.80 bits per heavy atom. The van der Waals surface area contributed by atoms with Crippen molar-refractivity contribution in [1.82, 2.24) is 5.32 Å². The van der Waals surface area contributed by atoms with Crippen LogP contribution in [0.1, 0.15) is 25.0 Å². The van der Waals surface area contributed by atoms with Gasteiger partial charge in [-0.05, 0) is 36.6 Å². The van der Waals surface area contributed by atoms with Gasteiger partial charge in [-0.3, -0.25) is 4.99 Å². The average molecular weight is 341 g/mol. The highest BCUT2D eigenvalue weighted by Crippen LogP contribution is 2.30. The fourth-order valence-corrected chi connectivity index (χ4v) is 2.59. The SMILES string of the molecule is CCOc1ccc(NC(=NC)NCc2ccccc2CC)cc1OC. The van der Waals surface area contributed by atoms with Crippen LogP contribution in [-0.2, 0) is 13.0 Å². The van der Waals surface area contributed by atoms with Gasteiger partial charge in [0.2, 0.25) is 0 Å². The van der Waals surface area contributed by atoms with Crippen molar-refractivity contribution < 1.29 is 9.47 Å². The monoisotopic (exact) mass is 341 g/mol. The van der Waals surface area contributed by atoms with Gasteiger partial charge < -0.3 is 20.1 Å². The maximum absolute atomic E-state index is 5.55. The Morgan fingerprint density at radius 3 is 2.44 bits per heavy atom. The summed E-state index contributed by atoms with van der Waals surface area (Å²) in [5.74, 6) is 2.13. The minimum Gasteiger partial charge on any atom is -0.493 e. The van der Waals surface area contributed by atoms with Gasteiger partial charge in [-0.15, -0.1) is 0 Å². The molecule has 5 heteroatoms. The lowest BCUT2D eigenvalue weighted by molar-refractivity contribution is 0.311. The molecule has 0 saturated heterocycles. The summed E-state index contributed by atoms with van der Waals surface area (Å²) in [7, 11) is 3.39. The Hall–Kier alpha value is -2.69. The van der Waals surface area contributed by atoms with Crippen LogP contribution < -0.4 is 20.1 Å². The Bertz CT molecular complexity index is 714. The molecule has 0 fully saturated rings. The smallest absolute Gasteiger partial charge is 0.195 e. The van der Waals surface area contributed by atoms with Crippen molar-refractivity contribution in [2.24, 2.45) is 4.99 Å².